The molecule has 0 radical (unpaired) electrons. The van der Waals surface area contributed by atoms with Gasteiger partial charge in [0.1, 0.15) is 0 Å². The van der Waals surface area contributed by atoms with E-state index in [-0.39, 0.29) is 11.9 Å². The largest absolute Gasteiger partial charge is 0.458 e. The van der Waals surface area contributed by atoms with Gasteiger partial charge in [-0.3, -0.25) is 19.2 Å². The van der Waals surface area contributed by atoms with Crippen LogP contribution in [0.5, 0.6) is 0 Å². The summed E-state index contributed by atoms with van der Waals surface area (Å²) in [6.07, 6.45) is -3.83. The first-order chi connectivity index (χ1) is 12.7. The number of hydrogen-bond acceptors (Lipinski definition) is 7. The van der Waals surface area contributed by atoms with E-state index in [4.69, 9.17) is 14.2 Å². The molecular weight excluding hydrogens is 422 g/mol. The van der Waals surface area contributed by atoms with E-state index in [1.165, 1.54) is 6.92 Å². The molecule has 1 N–H and O–H groups in total. The molecule has 0 saturated carbocycles. The van der Waals surface area contributed by atoms with Gasteiger partial charge in [0.05, 0.1) is 0 Å². The van der Waals surface area contributed by atoms with Crippen LogP contribution in [0, 0.1) is 0 Å². The lowest BCUT2D eigenvalue weighted by Crippen LogP contribution is -2.52. The summed E-state index contributed by atoms with van der Waals surface area (Å²) >= 11 is 3.15. The highest BCUT2D eigenvalue weighted by Gasteiger charge is 2.41. The number of halogens is 1. The summed E-state index contributed by atoms with van der Waals surface area (Å²) in [6, 6.07) is 9.08. The van der Waals surface area contributed by atoms with Gasteiger partial charge in [-0.1, -0.05) is 46.3 Å². The van der Waals surface area contributed by atoms with Crippen molar-refractivity contribution < 1.29 is 33.4 Å². The van der Waals surface area contributed by atoms with Crippen LogP contribution in [-0.4, -0.2) is 47.5 Å². The van der Waals surface area contributed by atoms with E-state index in [0.717, 1.165) is 19.4 Å². The monoisotopic (exact) mass is 443 g/mol. The van der Waals surface area contributed by atoms with Gasteiger partial charge in [-0.25, -0.2) is 0 Å². The molecule has 0 aromatic heterocycles. The van der Waals surface area contributed by atoms with Gasteiger partial charge in [0.25, 0.3) is 5.91 Å². The molecular formula is C18H22BrNO7. The number of carbonyl (C=O) groups is 4. The number of rotatable bonds is 9. The molecule has 0 unspecified atom stereocenters. The maximum Gasteiger partial charge on any atom is 0.303 e. The van der Waals surface area contributed by atoms with Crippen LogP contribution in [0.25, 0.3) is 0 Å². The first-order valence-electron chi connectivity index (χ1n) is 8.13. The topological polar surface area (TPSA) is 108 Å². The first-order valence-corrected chi connectivity index (χ1v) is 9.26. The fourth-order valence-electron chi connectivity index (χ4n) is 2.26. The van der Waals surface area contributed by atoms with Crippen molar-refractivity contribution in [3.63, 3.8) is 0 Å². The van der Waals surface area contributed by atoms with Gasteiger partial charge in [-0.2, -0.15) is 0 Å². The van der Waals surface area contributed by atoms with Crippen LogP contribution in [0.3, 0.4) is 0 Å². The van der Waals surface area contributed by atoms with E-state index >= 15 is 0 Å². The van der Waals surface area contributed by atoms with Crippen molar-refractivity contribution >= 4 is 39.7 Å². The second-order valence-electron chi connectivity index (χ2n) is 5.61. The fourth-order valence-corrected chi connectivity index (χ4v) is 2.76. The summed E-state index contributed by atoms with van der Waals surface area (Å²) in [5, 5.41) is 2.69. The molecule has 0 heterocycles. The highest BCUT2D eigenvalue weighted by molar-refractivity contribution is 9.09. The molecule has 0 bridgehead atoms. The van der Waals surface area contributed by atoms with E-state index in [0.29, 0.717) is 0 Å². The van der Waals surface area contributed by atoms with Crippen LogP contribution in [0.2, 0.25) is 0 Å². The molecule has 148 valence electrons. The highest BCUT2D eigenvalue weighted by atomic mass is 79.9. The minimum atomic E-state index is -1.49. The van der Waals surface area contributed by atoms with Gasteiger partial charge in [-0.15, -0.1) is 0 Å². The van der Waals surface area contributed by atoms with Crippen molar-refractivity contribution in [2.24, 2.45) is 0 Å². The smallest absolute Gasteiger partial charge is 0.303 e. The summed E-state index contributed by atoms with van der Waals surface area (Å²) in [5.41, 5.74) is 0.827. The lowest BCUT2D eigenvalue weighted by molar-refractivity contribution is -0.184. The van der Waals surface area contributed by atoms with Gasteiger partial charge < -0.3 is 19.5 Å². The van der Waals surface area contributed by atoms with Crippen LogP contribution in [0.1, 0.15) is 26.3 Å². The Morgan fingerprint density at radius 1 is 0.926 bits per heavy atom. The molecule has 9 heteroatoms. The van der Waals surface area contributed by atoms with Crippen molar-refractivity contribution in [1.82, 2.24) is 5.32 Å². The Balaban J connectivity index is 3.04. The van der Waals surface area contributed by atoms with Crippen molar-refractivity contribution in [1.29, 1.82) is 0 Å². The molecule has 0 aliphatic rings. The molecule has 1 aromatic carbocycles. The number of amides is 1. The molecule has 27 heavy (non-hydrogen) atoms. The predicted molar refractivity (Wildman–Crippen MR) is 98.7 cm³/mol. The Morgan fingerprint density at radius 2 is 1.48 bits per heavy atom. The molecule has 0 aliphatic carbocycles. The summed E-state index contributed by atoms with van der Waals surface area (Å²) in [7, 11) is 0. The molecule has 1 aromatic rings. The van der Waals surface area contributed by atoms with Crippen LogP contribution < -0.4 is 5.32 Å². The zero-order valence-electron chi connectivity index (χ0n) is 15.3. The lowest BCUT2D eigenvalue weighted by atomic mass is 10.1. The minimum absolute atomic E-state index is 0.0637. The Kier molecular flexibility index (Phi) is 9.49. The lowest BCUT2D eigenvalue weighted by Gasteiger charge is -2.30. The SMILES string of the molecule is CC(=O)O[C@H]([C@@H](CBr)OC(C)=O)[C@@H](OC(C)=O)C(=O)NCc1ccccc1. The third-order valence-corrected chi connectivity index (χ3v) is 3.94. The van der Waals surface area contributed by atoms with E-state index in [1.54, 1.807) is 0 Å². The third kappa shape index (κ3) is 8.21. The van der Waals surface area contributed by atoms with E-state index in [1.807, 2.05) is 30.3 Å². The van der Waals surface area contributed by atoms with Crippen molar-refractivity contribution in [3.8, 4) is 0 Å². The Morgan fingerprint density at radius 3 is 1.96 bits per heavy atom. The van der Waals surface area contributed by atoms with Crippen LogP contribution >= 0.6 is 15.9 Å². The highest BCUT2D eigenvalue weighted by Crippen LogP contribution is 2.17. The number of nitrogens with one attached hydrogen (secondary N) is 1. The van der Waals surface area contributed by atoms with Crippen LogP contribution in [-0.2, 0) is 39.9 Å². The number of hydrogen-bond donors (Lipinski definition) is 1. The van der Waals surface area contributed by atoms with Gasteiger partial charge in [0.15, 0.2) is 12.2 Å². The molecule has 0 fully saturated rings. The standard InChI is InChI=1S/C18H22BrNO7/c1-11(21)25-15(9-19)16(26-12(2)22)17(27-13(3)23)18(24)20-10-14-7-5-4-6-8-14/h4-8,15-17H,9-10H2,1-3H3,(H,20,24)/t15-,16-,17-/m1/s1. The van der Waals surface area contributed by atoms with Gasteiger partial charge >= 0.3 is 17.9 Å². The van der Waals surface area contributed by atoms with E-state index in [9.17, 15) is 19.2 Å². The zero-order chi connectivity index (χ0) is 20.4. The van der Waals surface area contributed by atoms with Crippen molar-refractivity contribution in [2.45, 2.75) is 45.6 Å². The first kappa shape index (κ1) is 22.6. The molecule has 1 amide bonds. The number of ether oxygens (including phenoxy) is 3. The summed E-state index contributed by atoms with van der Waals surface area (Å²) in [4.78, 5) is 47.0. The Labute approximate surface area is 165 Å². The molecule has 0 spiro atoms. The molecule has 0 aliphatic heterocycles. The van der Waals surface area contributed by atoms with E-state index in [2.05, 4.69) is 21.2 Å². The zero-order valence-corrected chi connectivity index (χ0v) is 16.9. The minimum Gasteiger partial charge on any atom is -0.458 e. The van der Waals surface area contributed by atoms with E-state index < -0.39 is 42.1 Å². The average Bonchev–Trinajstić information content (AvgIpc) is 2.61. The van der Waals surface area contributed by atoms with Gasteiger partial charge in [0, 0.05) is 32.6 Å². The fraction of sp³-hybridized carbons (Fsp3) is 0.444. The molecule has 3 atom stereocenters. The van der Waals surface area contributed by atoms with Crippen LogP contribution in [0.15, 0.2) is 30.3 Å². The molecule has 8 nitrogen and oxygen atoms in total. The van der Waals surface area contributed by atoms with Gasteiger partial charge in [0.2, 0.25) is 6.10 Å². The summed E-state index contributed by atoms with van der Waals surface area (Å²) in [5.74, 6) is -2.78. The molecule has 1 rings (SSSR count). The van der Waals surface area contributed by atoms with Crippen molar-refractivity contribution in [3.05, 3.63) is 35.9 Å². The third-order valence-electron chi connectivity index (χ3n) is 3.30. The van der Waals surface area contributed by atoms with Gasteiger partial charge in [-0.05, 0) is 5.56 Å². The number of esters is 3. The predicted octanol–water partition coefficient (Wildman–Crippen LogP) is 1.49. The second-order valence-corrected chi connectivity index (χ2v) is 6.26. The quantitative estimate of drug-likeness (QED) is 0.349. The average molecular weight is 444 g/mol. The Hall–Kier alpha value is -2.42. The maximum absolute atomic E-state index is 12.6. The van der Waals surface area contributed by atoms with Crippen LogP contribution in [0.4, 0.5) is 0 Å². The van der Waals surface area contributed by atoms with Crippen molar-refractivity contribution in [2.75, 3.05) is 5.33 Å². The summed E-state index contributed by atoms with van der Waals surface area (Å²) < 4.78 is 15.3. The normalized spacial score (nSPS) is 13.6. The number of alkyl halides is 1. The Bertz CT molecular complexity index is 665. The second kappa shape index (κ2) is 11.3. The molecule has 0 saturated heterocycles. The number of carbonyl (C=O) groups excluding carboxylic acids is 4. The number of benzene rings is 1. The maximum atomic E-state index is 12.6. The summed E-state index contributed by atoms with van der Waals surface area (Å²) in [6.45, 7) is 3.61.